The molecule has 2 amide bonds. The zero-order valence-electron chi connectivity index (χ0n) is 20.5. The molecule has 0 bridgehead atoms. The molecule has 0 saturated carbocycles. The third-order valence-electron chi connectivity index (χ3n) is 5.47. The summed E-state index contributed by atoms with van der Waals surface area (Å²) in [6.07, 6.45) is 1.77. The lowest BCUT2D eigenvalue weighted by molar-refractivity contribution is -0.118. The highest BCUT2D eigenvalue weighted by atomic mass is 35.5. The van der Waals surface area contributed by atoms with E-state index < -0.39 is 0 Å². The molecular weight excluding hydrogens is 528 g/mol. The predicted octanol–water partition coefficient (Wildman–Crippen LogP) is 6.78. The van der Waals surface area contributed by atoms with Crippen molar-refractivity contribution in [2.45, 2.75) is 20.8 Å². The average molecular weight is 553 g/mol. The van der Waals surface area contributed by atoms with E-state index in [2.05, 4.69) is 5.32 Å². The highest BCUT2D eigenvalue weighted by molar-refractivity contribution is 8.27. The van der Waals surface area contributed by atoms with Crippen molar-refractivity contribution in [2.24, 2.45) is 0 Å². The molecule has 1 heterocycles. The number of thiocarbonyl (C=S) groups is 1. The van der Waals surface area contributed by atoms with Gasteiger partial charge in [-0.05, 0) is 74.4 Å². The van der Waals surface area contributed by atoms with E-state index in [1.54, 1.807) is 36.4 Å². The second-order valence-corrected chi connectivity index (χ2v) is 10.4. The Morgan fingerprint density at radius 2 is 1.81 bits per heavy atom. The second kappa shape index (κ2) is 11.8. The number of aryl methyl sites for hydroxylation is 2. The Morgan fingerprint density at radius 3 is 2.51 bits per heavy atom. The number of carbonyl (C=O) groups excluding carboxylic acids is 2. The topological polar surface area (TPSA) is 67.9 Å². The molecule has 1 aliphatic heterocycles. The first-order valence-electron chi connectivity index (χ1n) is 11.6. The SMILES string of the molecule is CCOc1cc(/C=C2\SC(=S)N(c3ccc(C)cc3)C2=O)ccc1OCC(=O)Nc1ccc(C)c(Cl)c1. The minimum Gasteiger partial charge on any atom is -0.490 e. The Kier molecular flexibility index (Phi) is 8.53. The largest absolute Gasteiger partial charge is 0.490 e. The van der Waals surface area contributed by atoms with E-state index in [-0.39, 0.29) is 18.4 Å². The van der Waals surface area contributed by atoms with Crippen molar-refractivity contribution in [3.8, 4) is 11.5 Å². The van der Waals surface area contributed by atoms with Crippen LogP contribution in [0.2, 0.25) is 5.02 Å². The highest BCUT2D eigenvalue weighted by Gasteiger charge is 2.33. The van der Waals surface area contributed by atoms with Gasteiger partial charge in [0.25, 0.3) is 11.8 Å². The first-order chi connectivity index (χ1) is 17.7. The number of nitrogens with zero attached hydrogens (tertiary/aromatic N) is 1. The number of thioether (sulfide) groups is 1. The van der Waals surface area contributed by atoms with Gasteiger partial charge in [-0.15, -0.1) is 0 Å². The minimum atomic E-state index is -0.328. The van der Waals surface area contributed by atoms with Crippen LogP contribution in [-0.4, -0.2) is 29.3 Å². The molecule has 1 aliphatic rings. The maximum atomic E-state index is 13.1. The van der Waals surface area contributed by atoms with Gasteiger partial charge in [0, 0.05) is 10.7 Å². The molecule has 0 radical (unpaired) electrons. The van der Waals surface area contributed by atoms with Crippen LogP contribution in [0.5, 0.6) is 11.5 Å². The highest BCUT2D eigenvalue weighted by Crippen LogP contribution is 2.37. The standard InChI is InChI=1S/C28H25ClN2O4S2/c1-4-34-24-13-19(14-25-27(33)31(28(36)37-25)21-10-5-17(2)6-11-21)8-12-23(24)35-16-26(32)30-20-9-7-18(3)22(29)15-20/h5-15H,4,16H2,1-3H3,(H,30,32)/b25-14-. The van der Waals surface area contributed by atoms with Gasteiger partial charge in [-0.1, -0.05) is 65.4 Å². The summed E-state index contributed by atoms with van der Waals surface area (Å²) in [6, 6.07) is 18.2. The van der Waals surface area contributed by atoms with Gasteiger partial charge in [-0.2, -0.15) is 0 Å². The molecule has 3 aromatic rings. The van der Waals surface area contributed by atoms with Gasteiger partial charge in [0.2, 0.25) is 0 Å². The van der Waals surface area contributed by atoms with E-state index in [4.69, 9.17) is 33.3 Å². The molecule has 1 N–H and O–H groups in total. The van der Waals surface area contributed by atoms with Gasteiger partial charge in [0.05, 0.1) is 17.2 Å². The first-order valence-corrected chi connectivity index (χ1v) is 13.2. The van der Waals surface area contributed by atoms with Crippen molar-refractivity contribution < 1.29 is 19.1 Å². The molecule has 1 saturated heterocycles. The third kappa shape index (κ3) is 6.52. The molecule has 37 heavy (non-hydrogen) atoms. The average Bonchev–Trinajstić information content (AvgIpc) is 3.14. The number of nitrogens with one attached hydrogen (secondary N) is 1. The Bertz CT molecular complexity index is 1390. The Balaban J connectivity index is 1.46. The van der Waals surface area contributed by atoms with Crippen LogP contribution in [0.15, 0.2) is 65.6 Å². The lowest BCUT2D eigenvalue weighted by atomic mass is 10.1. The van der Waals surface area contributed by atoms with Crippen molar-refractivity contribution in [2.75, 3.05) is 23.4 Å². The monoisotopic (exact) mass is 552 g/mol. The van der Waals surface area contributed by atoms with Crippen LogP contribution >= 0.6 is 35.6 Å². The molecule has 0 aliphatic carbocycles. The number of hydrogen-bond acceptors (Lipinski definition) is 6. The fourth-order valence-electron chi connectivity index (χ4n) is 3.55. The number of benzene rings is 3. The van der Waals surface area contributed by atoms with E-state index in [0.717, 1.165) is 22.4 Å². The summed E-state index contributed by atoms with van der Waals surface area (Å²) in [5.41, 5.74) is 4.11. The molecular formula is C28H25ClN2O4S2. The maximum Gasteiger partial charge on any atom is 0.270 e. The maximum absolute atomic E-state index is 13.1. The van der Waals surface area contributed by atoms with E-state index in [1.807, 2.05) is 51.1 Å². The van der Waals surface area contributed by atoms with Crippen molar-refractivity contribution >= 4 is 69.2 Å². The Hall–Kier alpha value is -3.33. The first kappa shape index (κ1) is 26.7. The lowest BCUT2D eigenvalue weighted by Gasteiger charge is -2.14. The van der Waals surface area contributed by atoms with Gasteiger partial charge >= 0.3 is 0 Å². The van der Waals surface area contributed by atoms with Crippen LogP contribution in [0.3, 0.4) is 0 Å². The van der Waals surface area contributed by atoms with Crippen molar-refractivity contribution in [1.29, 1.82) is 0 Å². The van der Waals surface area contributed by atoms with Crippen molar-refractivity contribution in [3.05, 3.63) is 87.3 Å². The molecule has 0 aromatic heterocycles. The molecule has 190 valence electrons. The normalized spacial score (nSPS) is 14.3. The number of ether oxygens (including phenoxy) is 2. The second-order valence-electron chi connectivity index (χ2n) is 8.29. The summed E-state index contributed by atoms with van der Waals surface area (Å²) in [5, 5.41) is 3.34. The van der Waals surface area contributed by atoms with Gasteiger partial charge in [0.15, 0.2) is 22.4 Å². The third-order valence-corrected chi connectivity index (χ3v) is 7.17. The molecule has 0 atom stereocenters. The molecule has 0 spiro atoms. The van der Waals surface area contributed by atoms with E-state index in [0.29, 0.717) is 38.0 Å². The van der Waals surface area contributed by atoms with E-state index >= 15 is 0 Å². The molecule has 9 heteroatoms. The lowest BCUT2D eigenvalue weighted by Crippen LogP contribution is -2.27. The molecule has 1 fully saturated rings. The fourth-order valence-corrected chi connectivity index (χ4v) is 5.03. The predicted molar refractivity (Wildman–Crippen MR) is 155 cm³/mol. The van der Waals surface area contributed by atoms with Crippen LogP contribution in [-0.2, 0) is 9.59 Å². The summed E-state index contributed by atoms with van der Waals surface area (Å²) in [4.78, 5) is 27.5. The minimum absolute atomic E-state index is 0.176. The Morgan fingerprint density at radius 1 is 1.05 bits per heavy atom. The zero-order valence-corrected chi connectivity index (χ0v) is 22.9. The van der Waals surface area contributed by atoms with E-state index in [1.165, 1.54) is 16.7 Å². The van der Waals surface area contributed by atoms with Gasteiger partial charge in [-0.25, -0.2) is 0 Å². The summed E-state index contributed by atoms with van der Waals surface area (Å²) in [6.45, 7) is 5.94. The number of carbonyl (C=O) groups is 2. The molecule has 0 unspecified atom stereocenters. The fraction of sp³-hybridized carbons (Fsp3) is 0.179. The van der Waals surface area contributed by atoms with Gasteiger partial charge in [-0.3, -0.25) is 14.5 Å². The van der Waals surface area contributed by atoms with Gasteiger partial charge in [0.1, 0.15) is 0 Å². The smallest absolute Gasteiger partial charge is 0.270 e. The van der Waals surface area contributed by atoms with Crippen LogP contribution in [0.4, 0.5) is 11.4 Å². The number of hydrogen-bond donors (Lipinski definition) is 1. The van der Waals surface area contributed by atoms with Crippen LogP contribution in [0.25, 0.3) is 6.08 Å². The summed E-state index contributed by atoms with van der Waals surface area (Å²) in [5.74, 6) is 0.385. The number of halogens is 1. The summed E-state index contributed by atoms with van der Waals surface area (Å²) < 4.78 is 12.0. The molecule has 6 nitrogen and oxygen atoms in total. The van der Waals surface area contributed by atoms with Gasteiger partial charge < -0.3 is 14.8 Å². The number of amides is 2. The van der Waals surface area contributed by atoms with Crippen LogP contribution < -0.4 is 19.7 Å². The number of anilines is 2. The quantitative estimate of drug-likeness (QED) is 0.245. The summed E-state index contributed by atoms with van der Waals surface area (Å²) >= 11 is 12.8. The molecule has 4 rings (SSSR count). The van der Waals surface area contributed by atoms with Crippen molar-refractivity contribution in [1.82, 2.24) is 0 Å². The van der Waals surface area contributed by atoms with E-state index in [9.17, 15) is 9.59 Å². The van der Waals surface area contributed by atoms with Crippen LogP contribution in [0, 0.1) is 13.8 Å². The Labute approximate surface area is 230 Å². The van der Waals surface area contributed by atoms with Crippen LogP contribution in [0.1, 0.15) is 23.6 Å². The van der Waals surface area contributed by atoms with Crippen molar-refractivity contribution in [3.63, 3.8) is 0 Å². The zero-order chi connectivity index (χ0) is 26.5. The number of rotatable bonds is 8. The molecule has 3 aromatic carbocycles. The summed E-state index contributed by atoms with van der Waals surface area (Å²) in [7, 11) is 0.